The van der Waals surface area contributed by atoms with Crippen molar-refractivity contribution in [2.75, 3.05) is 4.90 Å². The van der Waals surface area contributed by atoms with Crippen molar-refractivity contribution in [2.24, 2.45) is 0 Å². The molecule has 0 spiro atoms. The lowest BCUT2D eigenvalue weighted by atomic mass is 9.77. The second-order valence-corrected chi connectivity index (χ2v) is 16.5. The number of rotatable bonds is 3. The maximum absolute atomic E-state index is 6.84. The van der Waals surface area contributed by atoms with E-state index in [-0.39, 0.29) is 10.8 Å². The molecule has 3 aliphatic heterocycles. The van der Waals surface area contributed by atoms with Crippen LogP contribution in [0.5, 0.6) is 11.5 Å². The minimum absolute atomic E-state index is 0.147. The van der Waals surface area contributed by atoms with Crippen molar-refractivity contribution >= 4 is 52.3 Å². The lowest BCUT2D eigenvalue weighted by Crippen LogP contribution is -2.26. The summed E-state index contributed by atoms with van der Waals surface area (Å²) >= 11 is 5.55. The summed E-state index contributed by atoms with van der Waals surface area (Å²) in [5.41, 5.74) is 8.53. The van der Waals surface area contributed by atoms with Crippen LogP contribution >= 0.6 is 35.3 Å². The van der Waals surface area contributed by atoms with E-state index in [1.54, 1.807) is 11.8 Å². The van der Waals surface area contributed by atoms with Gasteiger partial charge in [0, 0.05) is 30.4 Å². The molecule has 5 heteroatoms. The van der Waals surface area contributed by atoms with Crippen LogP contribution in [0.3, 0.4) is 0 Å². The molecule has 0 saturated heterocycles. The fourth-order valence-corrected chi connectivity index (χ4v) is 11.3. The summed E-state index contributed by atoms with van der Waals surface area (Å²) < 4.78 is 6.84. The molecule has 9 rings (SSSR count). The highest BCUT2D eigenvalue weighted by Gasteiger charge is 2.39. The number of para-hydroxylation sites is 2. The van der Waals surface area contributed by atoms with Crippen molar-refractivity contribution in [1.82, 2.24) is 0 Å². The van der Waals surface area contributed by atoms with Gasteiger partial charge in [-0.15, -0.1) is 0 Å². The van der Waals surface area contributed by atoms with Gasteiger partial charge in [0.05, 0.1) is 26.9 Å². The van der Waals surface area contributed by atoms with Crippen LogP contribution in [0.15, 0.2) is 157 Å². The third kappa shape index (κ3) is 4.43. The number of fused-ring (bicyclic) bond motifs is 6. The lowest BCUT2D eigenvalue weighted by Gasteiger charge is -2.40. The van der Waals surface area contributed by atoms with E-state index in [4.69, 9.17) is 4.74 Å². The molecule has 3 aliphatic rings. The number of hydrogen-bond acceptors (Lipinski definition) is 5. The summed E-state index contributed by atoms with van der Waals surface area (Å²) in [6, 6.07) is 46.4. The Kier molecular flexibility index (Phi) is 6.66. The first kappa shape index (κ1) is 29.1. The quantitative estimate of drug-likeness (QED) is 0.186. The van der Waals surface area contributed by atoms with Crippen molar-refractivity contribution in [2.45, 2.75) is 67.9 Å². The minimum Gasteiger partial charge on any atom is -0.453 e. The van der Waals surface area contributed by atoms with E-state index < -0.39 is 0 Å². The molecular formula is C42H33NOS3. The van der Waals surface area contributed by atoms with Gasteiger partial charge >= 0.3 is 0 Å². The summed E-state index contributed by atoms with van der Waals surface area (Å²) in [6.07, 6.45) is 0. The van der Waals surface area contributed by atoms with Crippen LogP contribution in [0.25, 0.3) is 0 Å². The lowest BCUT2D eigenvalue weighted by molar-refractivity contribution is 0.455. The van der Waals surface area contributed by atoms with Crippen LogP contribution in [0.4, 0.5) is 17.1 Å². The topological polar surface area (TPSA) is 12.5 Å². The van der Waals surface area contributed by atoms with E-state index >= 15 is 0 Å². The third-order valence-electron chi connectivity index (χ3n) is 9.84. The van der Waals surface area contributed by atoms with E-state index in [2.05, 4.69) is 160 Å². The Labute approximate surface area is 289 Å². The summed E-state index contributed by atoms with van der Waals surface area (Å²) in [4.78, 5) is 9.95. The van der Waals surface area contributed by atoms with Crippen molar-refractivity contribution < 1.29 is 4.74 Å². The number of nitrogens with zero attached hydrogens (tertiary/aromatic N) is 1. The standard InChI is InChI=1S/C42H33NOS3/c1-41(2)26-14-5-8-22-34(26)46-39-28(41)16-11-19-31(39)43(30-18-13-25-37-38(30)44-33-21-7-10-24-36(33)45-37)32-20-12-17-29-40(32)47-35-23-9-6-15-27(35)42(29,3)4/h5-25H,1-4H3. The van der Waals surface area contributed by atoms with E-state index in [0.717, 1.165) is 27.0 Å². The normalized spacial score (nSPS) is 15.9. The monoisotopic (exact) mass is 663 g/mol. The van der Waals surface area contributed by atoms with Crippen LogP contribution in [0, 0.1) is 0 Å². The Balaban J connectivity index is 1.32. The molecule has 0 aliphatic carbocycles. The molecule has 2 nitrogen and oxygen atoms in total. The van der Waals surface area contributed by atoms with Gasteiger partial charge in [-0.2, -0.15) is 0 Å². The van der Waals surface area contributed by atoms with E-state index in [1.807, 2.05) is 23.5 Å². The van der Waals surface area contributed by atoms with Crippen molar-refractivity contribution in [3.05, 3.63) is 150 Å². The Morgan fingerprint density at radius 3 is 1.47 bits per heavy atom. The van der Waals surface area contributed by atoms with Crippen molar-refractivity contribution in [1.29, 1.82) is 0 Å². The molecule has 0 saturated carbocycles. The minimum atomic E-state index is -0.147. The van der Waals surface area contributed by atoms with E-state index in [1.165, 1.54) is 53.2 Å². The molecule has 6 aromatic carbocycles. The first-order valence-corrected chi connectivity index (χ1v) is 18.5. The van der Waals surface area contributed by atoms with Gasteiger partial charge in [-0.05, 0) is 70.8 Å². The second kappa shape index (κ2) is 10.7. The van der Waals surface area contributed by atoms with Crippen molar-refractivity contribution in [3.63, 3.8) is 0 Å². The van der Waals surface area contributed by atoms with Crippen LogP contribution in [0.1, 0.15) is 49.9 Å². The third-order valence-corrected chi connectivity index (χ3v) is 13.4. The molecule has 0 fully saturated rings. The Morgan fingerprint density at radius 1 is 0.426 bits per heavy atom. The van der Waals surface area contributed by atoms with Gasteiger partial charge in [0.1, 0.15) is 5.75 Å². The highest BCUT2D eigenvalue weighted by Crippen LogP contribution is 2.60. The highest BCUT2D eigenvalue weighted by atomic mass is 32.2. The van der Waals surface area contributed by atoms with Crippen LogP contribution in [-0.2, 0) is 10.8 Å². The first-order chi connectivity index (χ1) is 22.8. The fourth-order valence-electron chi connectivity index (χ4n) is 7.35. The number of hydrogen-bond donors (Lipinski definition) is 0. The summed E-state index contributed by atoms with van der Waals surface area (Å²) in [7, 11) is 0. The molecule has 0 atom stereocenters. The molecule has 47 heavy (non-hydrogen) atoms. The van der Waals surface area contributed by atoms with E-state index in [9.17, 15) is 0 Å². The maximum Gasteiger partial charge on any atom is 0.165 e. The van der Waals surface area contributed by atoms with Gasteiger partial charge in [0.25, 0.3) is 0 Å². The second-order valence-electron chi connectivity index (χ2n) is 13.3. The molecule has 230 valence electrons. The predicted octanol–water partition coefficient (Wildman–Crippen LogP) is 13.0. The molecule has 0 amide bonds. The van der Waals surface area contributed by atoms with Crippen molar-refractivity contribution in [3.8, 4) is 11.5 Å². The van der Waals surface area contributed by atoms with Crippen LogP contribution in [-0.4, -0.2) is 0 Å². The highest BCUT2D eigenvalue weighted by molar-refractivity contribution is 8.00. The van der Waals surface area contributed by atoms with Gasteiger partial charge < -0.3 is 9.64 Å². The van der Waals surface area contributed by atoms with E-state index in [0.29, 0.717) is 0 Å². The summed E-state index contributed by atoms with van der Waals surface area (Å²) in [5, 5.41) is 0. The zero-order valence-corrected chi connectivity index (χ0v) is 29.2. The maximum atomic E-state index is 6.84. The van der Waals surface area contributed by atoms with Gasteiger partial charge in [0.15, 0.2) is 5.75 Å². The summed E-state index contributed by atoms with van der Waals surface area (Å²) in [5.74, 6) is 1.80. The molecule has 0 aromatic heterocycles. The Morgan fingerprint density at radius 2 is 0.872 bits per heavy atom. The molecule has 0 bridgehead atoms. The molecule has 0 N–H and O–H groups in total. The molecule has 6 aromatic rings. The number of benzene rings is 6. The zero-order valence-electron chi connectivity index (χ0n) is 26.7. The Hall–Kier alpha value is -4.03. The SMILES string of the molecule is CC1(C)c2ccccc2Sc2c(N(c3cccc4c3Oc3ccccc3S4)c3cccc4c3Sc3ccccc3C4(C)C)cccc21. The predicted molar refractivity (Wildman–Crippen MR) is 197 cm³/mol. The number of anilines is 3. The number of ether oxygens (including phenoxy) is 1. The van der Waals surface area contributed by atoms with Gasteiger partial charge in [0.2, 0.25) is 0 Å². The summed E-state index contributed by atoms with van der Waals surface area (Å²) in [6.45, 7) is 9.44. The molecule has 0 radical (unpaired) electrons. The first-order valence-electron chi connectivity index (χ1n) is 16.0. The largest absolute Gasteiger partial charge is 0.453 e. The smallest absolute Gasteiger partial charge is 0.165 e. The van der Waals surface area contributed by atoms with Crippen LogP contribution in [0.2, 0.25) is 0 Å². The average Bonchev–Trinajstić information content (AvgIpc) is 3.08. The van der Waals surface area contributed by atoms with Gasteiger partial charge in [-0.25, -0.2) is 0 Å². The molecule has 0 unspecified atom stereocenters. The van der Waals surface area contributed by atoms with Gasteiger partial charge in [-0.3, -0.25) is 0 Å². The van der Waals surface area contributed by atoms with Crippen LogP contribution < -0.4 is 9.64 Å². The molecular weight excluding hydrogens is 631 g/mol. The molecule has 3 heterocycles. The zero-order chi connectivity index (χ0) is 31.9. The van der Waals surface area contributed by atoms with Gasteiger partial charge in [-0.1, -0.05) is 142 Å². The Bertz CT molecular complexity index is 2130. The fraction of sp³-hybridized carbons (Fsp3) is 0.143. The average molecular weight is 664 g/mol.